The van der Waals surface area contributed by atoms with Crippen LogP contribution in [-0.4, -0.2) is 42.9 Å². The maximum Gasteiger partial charge on any atom is 0.323 e. The van der Waals surface area contributed by atoms with Crippen molar-refractivity contribution in [3.8, 4) is 0 Å². The fourth-order valence-electron chi connectivity index (χ4n) is 3.43. The molecule has 0 radical (unpaired) electrons. The van der Waals surface area contributed by atoms with E-state index in [1.54, 1.807) is 0 Å². The van der Waals surface area contributed by atoms with Crippen molar-refractivity contribution in [2.24, 2.45) is 17.8 Å². The van der Waals surface area contributed by atoms with Gasteiger partial charge in [0, 0.05) is 11.8 Å². The standard InChI is InChI=1S/C10H12O7S/c11-7(3-18(13,14)15)17-9-4-1-5-6(2-4)16-10(12)8(5)9/h4-6,8-9H,1-3H2,(H,13,14,15). The molecule has 8 heteroatoms. The monoisotopic (exact) mass is 276 g/mol. The van der Waals surface area contributed by atoms with Crippen LogP contribution in [-0.2, 0) is 29.2 Å². The second kappa shape index (κ2) is 3.67. The molecule has 5 atom stereocenters. The number of carbonyl (C=O) groups is 2. The quantitative estimate of drug-likeness (QED) is 0.540. The molecule has 1 aliphatic heterocycles. The number of hydrogen-bond acceptors (Lipinski definition) is 6. The van der Waals surface area contributed by atoms with Crippen LogP contribution in [0.1, 0.15) is 12.8 Å². The Hall–Kier alpha value is -1.15. The average molecular weight is 276 g/mol. The van der Waals surface area contributed by atoms with Crippen LogP contribution in [0.5, 0.6) is 0 Å². The fraction of sp³-hybridized carbons (Fsp3) is 0.800. The minimum Gasteiger partial charge on any atom is -0.462 e. The molecule has 5 unspecified atom stereocenters. The molecule has 100 valence electrons. The third kappa shape index (κ3) is 1.79. The van der Waals surface area contributed by atoms with Crippen molar-refractivity contribution < 1.29 is 32.0 Å². The first-order valence-corrected chi connectivity index (χ1v) is 7.31. The van der Waals surface area contributed by atoms with Gasteiger partial charge in [0.05, 0.1) is 0 Å². The van der Waals surface area contributed by atoms with E-state index in [0.717, 1.165) is 6.42 Å². The third-order valence-corrected chi connectivity index (χ3v) is 4.58. The summed E-state index contributed by atoms with van der Waals surface area (Å²) in [6.45, 7) is 0. The Bertz CT molecular complexity index is 508. The average Bonchev–Trinajstić information content (AvgIpc) is 2.75. The lowest BCUT2D eigenvalue weighted by Gasteiger charge is -2.24. The van der Waals surface area contributed by atoms with E-state index in [1.165, 1.54) is 0 Å². The van der Waals surface area contributed by atoms with Crippen molar-refractivity contribution in [3.05, 3.63) is 0 Å². The SMILES string of the molecule is O=C(CS(=O)(=O)O)OC1C2CC3OC(=O)C1C3C2. The van der Waals surface area contributed by atoms with Crippen LogP contribution in [0.3, 0.4) is 0 Å². The Morgan fingerprint density at radius 2 is 2.17 bits per heavy atom. The highest BCUT2D eigenvalue weighted by Gasteiger charge is 2.63. The van der Waals surface area contributed by atoms with Crippen molar-refractivity contribution in [2.45, 2.75) is 25.0 Å². The van der Waals surface area contributed by atoms with Gasteiger partial charge in [-0.1, -0.05) is 0 Å². The molecule has 2 saturated carbocycles. The van der Waals surface area contributed by atoms with Gasteiger partial charge in [0.2, 0.25) is 0 Å². The number of rotatable bonds is 3. The van der Waals surface area contributed by atoms with Gasteiger partial charge in [0.25, 0.3) is 10.1 Å². The summed E-state index contributed by atoms with van der Waals surface area (Å²) in [5.41, 5.74) is 0. The van der Waals surface area contributed by atoms with Crippen LogP contribution >= 0.6 is 0 Å². The maximum absolute atomic E-state index is 11.6. The van der Waals surface area contributed by atoms with Crippen molar-refractivity contribution in [3.63, 3.8) is 0 Å². The lowest BCUT2D eigenvalue weighted by atomic mass is 9.87. The van der Waals surface area contributed by atoms with E-state index in [9.17, 15) is 18.0 Å². The number of fused-ring (bicyclic) bond motifs is 1. The van der Waals surface area contributed by atoms with Gasteiger partial charge in [-0.15, -0.1) is 0 Å². The summed E-state index contributed by atoms with van der Waals surface area (Å²) in [5, 5.41) is 0. The first-order chi connectivity index (χ1) is 8.35. The van der Waals surface area contributed by atoms with Gasteiger partial charge in [0.1, 0.15) is 18.1 Å². The van der Waals surface area contributed by atoms with Gasteiger partial charge in [-0.3, -0.25) is 14.1 Å². The van der Waals surface area contributed by atoms with Crippen molar-refractivity contribution in [2.75, 3.05) is 5.75 Å². The number of esters is 2. The molecule has 0 aromatic heterocycles. The molecule has 0 spiro atoms. The minimum atomic E-state index is -4.40. The second-order valence-corrected chi connectivity index (χ2v) is 6.53. The lowest BCUT2D eigenvalue weighted by Crippen LogP contribution is -2.36. The van der Waals surface area contributed by atoms with Crippen LogP contribution < -0.4 is 0 Å². The molecule has 0 amide bonds. The van der Waals surface area contributed by atoms with Crippen molar-refractivity contribution in [1.82, 2.24) is 0 Å². The summed E-state index contributed by atoms with van der Waals surface area (Å²) in [4.78, 5) is 22.9. The Morgan fingerprint density at radius 3 is 2.83 bits per heavy atom. The molecule has 1 saturated heterocycles. The van der Waals surface area contributed by atoms with Gasteiger partial charge >= 0.3 is 11.9 Å². The topological polar surface area (TPSA) is 107 Å². The van der Waals surface area contributed by atoms with E-state index >= 15 is 0 Å². The Labute approximate surface area is 103 Å². The predicted molar refractivity (Wildman–Crippen MR) is 55.9 cm³/mol. The highest BCUT2D eigenvalue weighted by molar-refractivity contribution is 7.86. The zero-order valence-corrected chi connectivity index (χ0v) is 10.1. The van der Waals surface area contributed by atoms with E-state index in [0.29, 0.717) is 6.42 Å². The van der Waals surface area contributed by atoms with Gasteiger partial charge in [-0.2, -0.15) is 8.42 Å². The summed E-state index contributed by atoms with van der Waals surface area (Å²) in [6.07, 6.45) is 0.765. The minimum absolute atomic E-state index is 0.0572. The van der Waals surface area contributed by atoms with E-state index in [4.69, 9.17) is 14.0 Å². The van der Waals surface area contributed by atoms with Crippen molar-refractivity contribution >= 4 is 22.1 Å². The smallest absolute Gasteiger partial charge is 0.323 e. The zero-order chi connectivity index (χ0) is 13.1. The Morgan fingerprint density at radius 1 is 1.44 bits per heavy atom. The summed E-state index contributed by atoms with van der Waals surface area (Å²) in [6, 6.07) is 0. The molecule has 0 aromatic carbocycles. The predicted octanol–water partition coefficient (Wildman–Crippen LogP) is -0.633. The highest BCUT2D eigenvalue weighted by atomic mass is 32.2. The van der Waals surface area contributed by atoms with Gasteiger partial charge in [-0.05, 0) is 12.8 Å². The molecular weight excluding hydrogens is 264 g/mol. The first kappa shape index (κ1) is 11.9. The van der Waals surface area contributed by atoms with Crippen molar-refractivity contribution in [1.29, 1.82) is 0 Å². The summed E-state index contributed by atoms with van der Waals surface area (Å²) in [5.74, 6) is -2.78. The van der Waals surface area contributed by atoms with Crippen LogP contribution in [0.25, 0.3) is 0 Å². The molecule has 1 N–H and O–H groups in total. The molecule has 1 heterocycles. The molecule has 18 heavy (non-hydrogen) atoms. The van der Waals surface area contributed by atoms with E-state index in [1.807, 2.05) is 0 Å². The number of hydrogen-bond donors (Lipinski definition) is 1. The molecule has 3 aliphatic rings. The summed E-state index contributed by atoms with van der Waals surface area (Å²) in [7, 11) is -4.40. The molecule has 2 aliphatic carbocycles. The zero-order valence-electron chi connectivity index (χ0n) is 9.31. The fourth-order valence-corrected chi connectivity index (χ4v) is 3.80. The Kier molecular flexibility index (Phi) is 2.43. The normalized spacial score (nSPS) is 40.9. The van der Waals surface area contributed by atoms with Crippen LogP contribution in [0.4, 0.5) is 0 Å². The van der Waals surface area contributed by atoms with Gasteiger partial charge in [0.15, 0.2) is 5.75 Å². The number of ether oxygens (including phenoxy) is 2. The van der Waals surface area contributed by atoms with Crippen LogP contribution in [0.2, 0.25) is 0 Å². The maximum atomic E-state index is 11.6. The van der Waals surface area contributed by atoms with Gasteiger partial charge in [-0.25, -0.2) is 0 Å². The summed E-state index contributed by atoms with van der Waals surface area (Å²) < 4.78 is 39.9. The van der Waals surface area contributed by atoms with E-state index < -0.39 is 33.9 Å². The number of carbonyl (C=O) groups excluding carboxylic acids is 2. The first-order valence-electron chi connectivity index (χ1n) is 5.70. The molecule has 3 rings (SSSR count). The highest BCUT2D eigenvalue weighted by Crippen LogP contribution is 2.55. The Balaban J connectivity index is 1.71. The molecule has 0 aromatic rings. The second-order valence-electron chi connectivity index (χ2n) is 5.08. The molecule has 7 nitrogen and oxygen atoms in total. The van der Waals surface area contributed by atoms with Gasteiger partial charge < -0.3 is 9.47 Å². The largest absolute Gasteiger partial charge is 0.462 e. The van der Waals surface area contributed by atoms with Crippen LogP contribution in [0.15, 0.2) is 0 Å². The van der Waals surface area contributed by atoms with E-state index in [2.05, 4.69) is 0 Å². The van der Waals surface area contributed by atoms with Crippen LogP contribution in [0, 0.1) is 17.8 Å². The molecular formula is C10H12O7S. The molecule has 3 fully saturated rings. The molecule has 2 bridgehead atoms. The van der Waals surface area contributed by atoms with E-state index in [-0.39, 0.29) is 23.9 Å². The third-order valence-electron chi connectivity index (χ3n) is 3.97. The summed E-state index contributed by atoms with van der Waals surface area (Å²) >= 11 is 0. The lowest BCUT2D eigenvalue weighted by molar-refractivity contribution is -0.154.